The molecule has 2 atom stereocenters. The lowest BCUT2D eigenvalue weighted by atomic mass is 9.85. The zero-order chi connectivity index (χ0) is 21.1. The van der Waals surface area contributed by atoms with Crippen LogP contribution in [0.15, 0.2) is 58.4 Å². The second-order valence-corrected chi connectivity index (χ2v) is 9.18. The summed E-state index contributed by atoms with van der Waals surface area (Å²) in [5, 5.41) is 1.35. The van der Waals surface area contributed by atoms with Crippen molar-refractivity contribution in [2.45, 2.75) is 38.6 Å². The molecule has 0 spiro atoms. The van der Waals surface area contributed by atoms with Crippen LogP contribution in [0.5, 0.6) is 5.75 Å². The fourth-order valence-electron chi connectivity index (χ4n) is 4.11. The van der Waals surface area contributed by atoms with Crippen LogP contribution in [0.1, 0.15) is 38.2 Å². The smallest absolute Gasteiger partial charge is 0.267 e. The molecule has 156 valence electrons. The highest BCUT2D eigenvalue weighted by Crippen LogP contribution is 2.41. The summed E-state index contributed by atoms with van der Waals surface area (Å²) in [6.07, 6.45) is 6.38. The first kappa shape index (κ1) is 21.0. The number of thioether (sulfide) groups is 1. The van der Waals surface area contributed by atoms with Crippen LogP contribution in [-0.4, -0.2) is 29.1 Å². The van der Waals surface area contributed by atoms with Crippen molar-refractivity contribution in [3.63, 3.8) is 0 Å². The first-order valence-electron chi connectivity index (χ1n) is 10.3. The molecule has 4 rings (SSSR count). The Kier molecular flexibility index (Phi) is 6.49. The Hall–Kier alpha value is -2.24. The minimum absolute atomic E-state index is 0.00968. The van der Waals surface area contributed by atoms with Crippen molar-refractivity contribution in [1.29, 1.82) is 0 Å². The van der Waals surface area contributed by atoms with E-state index in [1.54, 1.807) is 13.2 Å². The van der Waals surface area contributed by atoms with Gasteiger partial charge in [-0.2, -0.15) is 0 Å². The van der Waals surface area contributed by atoms with Crippen LogP contribution in [-0.2, 0) is 4.79 Å². The molecular weight excluding hydrogens is 416 g/mol. The monoisotopic (exact) mass is 440 g/mol. The van der Waals surface area contributed by atoms with Crippen molar-refractivity contribution in [3.05, 3.63) is 64.0 Å². The van der Waals surface area contributed by atoms with Gasteiger partial charge in [0.25, 0.3) is 5.91 Å². The molecule has 0 aromatic heterocycles. The maximum absolute atomic E-state index is 13.5. The van der Waals surface area contributed by atoms with E-state index in [1.807, 2.05) is 53.4 Å². The van der Waals surface area contributed by atoms with E-state index < -0.39 is 0 Å². The van der Waals surface area contributed by atoms with Gasteiger partial charge in [-0.05, 0) is 66.9 Å². The zero-order valence-corrected chi connectivity index (χ0v) is 18.7. The summed E-state index contributed by atoms with van der Waals surface area (Å²) in [5.74, 6) is 1.14. The number of aliphatic imine (C=N–C) groups is 1. The third kappa shape index (κ3) is 4.42. The van der Waals surface area contributed by atoms with Gasteiger partial charge in [-0.25, -0.2) is 4.99 Å². The Morgan fingerprint density at radius 2 is 1.93 bits per heavy atom. The molecular formula is C24H25ClN2O2S. The van der Waals surface area contributed by atoms with E-state index in [2.05, 4.69) is 6.92 Å². The van der Waals surface area contributed by atoms with Gasteiger partial charge in [0.15, 0.2) is 5.17 Å². The van der Waals surface area contributed by atoms with Crippen molar-refractivity contribution in [1.82, 2.24) is 4.90 Å². The lowest BCUT2D eigenvalue weighted by molar-refractivity contribution is -0.124. The minimum atomic E-state index is 0.00968. The summed E-state index contributed by atoms with van der Waals surface area (Å²) in [5.41, 5.74) is 1.64. The molecule has 1 saturated heterocycles. The number of amides is 1. The number of halogens is 1. The van der Waals surface area contributed by atoms with Crippen molar-refractivity contribution in [3.8, 4) is 5.75 Å². The second-order valence-electron chi connectivity index (χ2n) is 7.73. The fourth-order valence-corrected chi connectivity index (χ4v) is 5.33. The molecule has 0 N–H and O–H groups in total. The summed E-state index contributed by atoms with van der Waals surface area (Å²) >= 11 is 7.62. The molecule has 0 radical (unpaired) electrons. The molecule has 2 aliphatic rings. The molecule has 0 unspecified atom stereocenters. The molecule has 1 aliphatic carbocycles. The van der Waals surface area contributed by atoms with E-state index in [0.29, 0.717) is 21.6 Å². The summed E-state index contributed by atoms with van der Waals surface area (Å²) < 4.78 is 5.46. The van der Waals surface area contributed by atoms with Crippen LogP contribution in [0.2, 0.25) is 5.02 Å². The van der Waals surface area contributed by atoms with E-state index in [0.717, 1.165) is 35.7 Å². The van der Waals surface area contributed by atoms with Crippen molar-refractivity contribution >= 4 is 46.2 Å². The normalized spacial score (nSPS) is 24.6. The lowest BCUT2D eigenvalue weighted by Gasteiger charge is -2.35. The third-order valence-electron chi connectivity index (χ3n) is 5.69. The van der Waals surface area contributed by atoms with Crippen LogP contribution in [0, 0.1) is 5.92 Å². The quantitative estimate of drug-likeness (QED) is 0.507. The Labute approximate surface area is 187 Å². The molecule has 2 aromatic carbocycles. The Bertz CT molecular complexity index is 990. The number of carbonyl (C=O) groups is 1. The summed E-state index contributed by atoms with van der Waals surface area (Å²) in [4.78, 5) is 20.9. The molecule has 30 heavy (non-hydrogen) atoms. The molecule has 1 amide bonds. The van der Waals surface area contributed by atoms with Gasteiger partial charge in [-0.15, -0.1) is 0 Å². The molecule has 2 fully saturated rings. The number of ether oxygens (including phenoxy) is 1. The number of methoxy groups -OCH3 is 1. The van der Waals surface area contributed by atoms with E-state index in [-0.39, 0.29) is 11.9 Å². The van der Waals surface area contributed by atoms with E-state index in [4.69, 9.17) is 21.3 Å². The van der Waals surface area contributed by atoms with E-state index in [1.165, 1.54) is 18.2 Å². The molecule has 1 aliphatic heterocycles. The molecule has 1 saturated carbocycles. The van der Waals surface area contributed by atoms with Gasteiger partial charge in [0.05, 0.1) is 17.7 Å². The van der Waals surface area contributed by atoms with Gasteiger partial charge in [0, 0.05) is 16.6 Å². The number of rotatable bonds is 4. The number of para-hydroxylation sites is 1. The SMILES string of the molecule is COc1ccc(Cl)cc1/C=C1\SC(=Nc2ccccc2)N([C@@H]2CCCC[C@@H]2C)C1=O. The Morgan fingerprint density at radius 3 is 2.67 bits per heavy atom. The first-order chi connectivity index (χ1) is 14.6. The number of hydrogen-bond acceptors (Lipinski definition) is 4. The van der Waals surface area contributed by atoms with Crippen LogP contribution < -0.4 is 4.74 Å². The van der Waals surface area contributed by atoms with Gasteiger partial charge in [-0.1, -0.05) is 49.6 Å². The molecule has 2 aromatic rings. The van der Waals surface area contributed by atoms with E-state index >= 15 is 0 Å². The highest BCUT2D eigenvalue weighted by Gasteiger charge is 2.41. The van der Waals surface area contributed by atoms with Crippen LogP contribution in [0.25, 0.3) is 6.08 Å². The molecule has 6 heteroatoms. The van der Waals surface area contributed by atoms with Gasteiger partial charge in [0.1, 0.15) is 5.75 Å². The largest absolute Gasteiger partial charge is 0.496 e. The van der Waals surface area contributed by atoms with Crippen molar-refractivity contribution in [2.75, 3.05) is 7.11 Å². The van der Waals surface area contributed by atoms with Crippen LogP contribution >= 0.6 is 23.4 Å². The summed E-state index contributed by atoms with van der Waals surface area (Å²) in [6, 6.07) is 15.4. The van der Waals surface area contributed by atoms with Crippen molar-refractivity contribution < 1.29 is 9.53 Å². The van der Waals surface area contributed by atoms with Gasteiger partial charge < -0.3 is 4.74 Å². The lowest BCUT2D eigenvalue weighted by Crippen LogP contribution is -2.44. The average Bonchev–Trinajstić information content (AvgIpc) is 3.04. The van der Waals surface area contributed by atoms with Crippen molar-refractivity contribution in [2.24, 2.45) is 10.9 Å². The molecule has 1 heterocycles. The molecule has 4 nitrogen and oxygen atoms in total. The predicted octanol–water partition coefficient (Wildman–Crippen LogP) is 6.53. The highest BCUT2D eigenvalue weighted by atomic mass is 35.5. The number of amidine groups is 1. The fraction of sp³-hybridized carbons (Fsp3) is 0.333. The maximum atomic E-state index is 13.5. The standard InChI is InChI=1S/C24H25ClN2O2S/c1-16-8-6-7-11-20(16)27-23(28)22(15-17-14-18(25)12-13-21(17)29-2)30-24(27)26-19-9-4-3-5-10-19/h3-5,9-10,12-16,20H,6-8,11H2,1-2H3/b22-15-,26-24?/t16-,20+/m0/s1. The van der Waals surface area contributed by atoms with Gasteiger partial charge in [0.2, 0.25) is 0 Å². The molecule has 0 bridgehead atoms. The van der Waals surface area contributed by atoms with Crippen LogP contribution in [0.3, 0.4) is 0 Å². The Balaban J connectivity index is 1.75. The van der Waals surface area contributed by atoms with E-state index in [9.17, 15) is 4.79 Å². The maximum Gasteiger partial charge on any atom is 0.267 e. The number of hydrogen-bond donors (Lipinski definition) is 0. The third-order valence-corrected chi connectivity index (χ3v) is 6.91. The zero-order valence-electron chi connectivity index (χ0n) is 17.2. The summed E-state index contributed by atoms with van der Waals surface area (Å²) in [7, 11) is 1.62. The summed E-state index contributed by atoms with van der Waals surface area (Å²) in [6.45, 7) is 2.24. The average molecular weight is 441 g/mol. The number of nitrogens with zero attached hydrogens (tertiary/aromatic N) is 2. The number of carbonyl (C=O) groups excluding carboxylic acids is 1. The first-order valence-corrected chi connectivity index (χ1v) is 11.5. The minimum Gasteiger partial charge on any atom is -0.496 e. The highest BCUT2D eigenvalue weighted by molar-refractivity contribution is 8.18. The topological polar surface area (TPSA) is 41.9 Å². The second kappa shape index (κ2) is 9.27. The van der Waals surface area contributed by atoms with Gasteiger partial charge >= 0.3 is 0 Å². The predicted molar refractivity (Wildman–Crippen MR) is 125 cm³/mol. The Morgan fingerprint density at radius 1 is 1.17 bits per heavy atom. The van der Waals surface area contributed by atoms with Crippen LogP contribution in [0.4, 0.5) is 5.69 Å². The van der Waals surface area contributed by atoms with Gasteiger partial charge in [-0.3, -0.25) is 9.69 Å². The number of benzene rings is 2.